The molecule has 1 N–H and O–H groups in total. The molecule has 4 aromatic rings. The molecule has 0 aliphatic carbocycles. The molecule has 25 heavy (non-hydrogen) atoms. The van der Waals surface area contributed by atoms with Crippen LogP contribution in [0, 0.1) is 0 Å². The molecule has 0 fully saturated rings. The predicted octanol–water partition coefficient (Wildman–Crippen LogP) is 5.71. The van der Waals surface area contributed by atoms with Crippen molar-refractivity contribution in [2.75, 3.05) is 5.32 Å². The van der Waals surface area contributed by atoms with Crippen LogP contribution in [-0.4, -0.2) is 15.5 Å². The van der Waals surface area contributed by atoms with E-state index in [0.29, 0.717) is 16.7 Å². The lowest BCUT2D eigenvalue weighted by Crippen LogP contribution is -2.16. The van der Waals surface area contributed by atoms with Gasteiger partial charge < -0.3 is 4.57 Å². The second kappa shape index (κ2) is 6.28. The third-order valence-electron chi connectivity index (χ3n) is 4.37. The van der Waals surface area contributed by atoms with Crippen LogP contribution >= 0.6 is 22.7 Å². The zero-order chi connectivity index (χ0) is 17.6. The monoisotopic (exact) mass is 369 g/mol. The third-order valence-corrected chi connectivity index (χ3v) is 6.16. The van der Waals surface area contributed by atoms with E-state index in [4.69, 9.17) is 0 Å². The Balaban J connectivity index is 1.65. The number of hydrogen-bond acceptors (Lipinski definition) is 4. The molecule has 6 heteroatoms. The molecular weight excluding hydrogens is 350 g/mol. The highest BCUT2D eigenvalue weighted by atomic mass is 32.1. The molecule has 4 nitrogen and oxygen atoms in total. The van der Waals surface area contributed by atoms with Gasteiger partial charge >= 0.3 is 0 Å². The zero-order valence-electron chi connectivity index (χ0n) is 14.4. The molecule has 0 spiro atoms. The summed E-state index contributed by atoms with van der Waals surface area (Å²) in [6.45, 7) is 7.17. The van der Waals surface area contributed by atoms with E-state index in [2.05, 4.69) is 54.7 Å². The van der Waals surface area contributed by atoms with Crippen molar-refractivity contribution in [2.24, 2.45) is 0 Å². The molecule has 0 saturated carbocycles. The van der Waals surface area contributed by atoms with Crippen LogP contribution in [0.1, 0.15) is 42.7 Å². The summed E-state index contributed by atoms with van der Waals surface area (Å²) in [7, 11) is 0. The third kappa shape index (κ3) is 2.85. The first-order chi connectivity index (χ1) is 12.1. The van der Waals surface area contributed by atoms with Crippen LogP contribution in [0.15, 0.2) is 35.7 Å². The van der Waals surface area contributed by atoms with Crippen molar-refractivity contribution in [1.29, 1.82) is 0 Å². The number of nitrogens with one attached hydrogen (secondary N) is 1. The van der Waals surface area contributed by atoms with Crippen molar-refractivity contribution < 1.29 is 4.79 Å². The topological polar surface area (TPSA) is 46.9 Å². The minimum Gasteiger partial charge on any atom is -0.336 e. The normalized spacial score (nSPS) is 11.7. The molecule has 1 amide bonds. The second-order valence-corrected chi connectivity index (χ2v) is 8.28. The molecule has 3 heterocycles. The summed E-state index contributed by atoms with van der Waals surface area (Å²) in [5.41, 5.74) is 4.01. The zero-order valence-corrected chi connectivity index (χ0v) is 16.0. The molecule has 0 saturated heterocycles. The number of benzene rings is 1. The Bertz CT molecular complexity index is 1070. The standard InChI is InChI=1S/C19H19N3OS2/c1-4-22-14-7-8-24-17(14)10-15(22)18(23)21-19-20-13-6-5-12(11(2)3)9-16(13)25-19/h5-11H,4H2,1-3H3,(H,20,21,23). The molecule has 3 aromatic heterocycles. The number of rotatable bonds is 4. The van der Waals surface area contributed by atoms with Crippen LogP contribution < -0.4 is 5.32 Å². The fourth-order valence-electron chi connectivity index (χ4n) is 3.02. The summed E-state index contributed by atoms with van der Waals surface area (Å²) in [5, 5.41) is 5.67. The number of aryl methyl sites for hydroxylation is 1. The van der Waals surface area contributed by atoms with Crippen molar-refractivity contribution >= 4 is 54.1 Å². The lowest BCUT2D eigenvalue weighted by Gasteiger charge is -2.06. The average molecular weight is 370 g/mol. The molecule has 0 atom stereocenters. The van der Waals surface area contributed by atoms with Gasteiger partial charge in [0, 0.05) is 6.54 Å². The molecular formula is C19H19N3OS2. The van der Waals surface area contributed by atoms with Crippen LogP contribution in [0.5, 0.6) is 0 Å². The Hall–Kier alpha value is -2.18. The van der Waals surface area contributed by atoms with Crippen molar-refractivity contribution in [1.82, 2.24) is 9.55 Å². The van der Waals surface area contributed by atoms with Gasteiger partial charge in [0.2, 0.25) is 0 Å². The molecule has 0 bridgehead atoms. The Morgan fingerprint density at radius 3 is 2.84 bits per heavy atom. The SMILES string of the molecule is CCn1c(C(=O)Nc2nc3ccc(C(C)C)cc3s2)cc2sccc21. The van der Waals surface area contributed by atoms with Crippen molar-refractivity contribution in [2.45, 2.75) is 33.2 Å². The van der Waals surface area contributed by atoms with Crippen LogP contribution in [0.25, 0.3) is 20.4 Å². The number of nitrogens with zero attached hydrogens (tertiary/aromatic N) is 2. The molecule has 0 aliphatic rings. The minimum absolute atomic E-state index is 0.103. The fourth-order valence-corrected chi connectivity index (χ4v) is 4.75. The molecule has 128 valence electrons. The Morgan fingerprint density at radius 2 is 2.08 bits per heavy atom. The number of hydrogen-bond donors (Lipinski definition) is 1. The van der Waals surface area contributed by atoms with Gasteiger partial charge in [0.05, 0.1) is 20.4 Å². The first kappa shape index (κ1) is 16.3. The number of carbonyl (C=O) groups is 1. The summed E-state index contributed by atoms with van der Waals surface area (Å²) in [5.74, 6) is 0.374. The first-order valence-electron chi connectivity index (χ1n) is 8.35. The van der Waals surface area contributed by atoms with E-state index >= 15 is 0 Å². The van der Waals surface area contributed by atoms with Gasteiger partial charge in [-0.05, 0) is 48.1 Å². The average Bonchev–Trinajstić information content (AvgIpc) is 3.26. The molecule has 1 aromatic carbocycles. The van der Waals surface area contributed by atoms with E-state index in [1.165, 1.54) is 16.9 Å². The van der Waals surface area contributed by atoms with Crippen LogP contribution in [-0.2, 0) is 6.54 Å². The lowest BCUT2D eigenvalue weighted by atomic mass is 10.0. The van der Waals surface area contributed by atoms with Gasteiger partial charge in [-0.3, -0.25) is 10.1 Å². The highest BCUT2D eigenvalue weighted by Gasteiger charge is 2.17. The highest BCUT2D eigenvalue weighted by Crippen LogP contribution is 2.30. The van der Waals surface area contributed by atoms with E-state index in [0.717, 1.165) is 27.0 Å². The van der Waals surface area contributed by atoms with Gasteiger partial charge in [0.25, 0.3) is 5.91 Å². The highest BCUT2D eigenvalue weighted by molar-refractivity contribution is 7.22. The van der Waals surface area contributed by atoms with Gasteiger partial charge in [-0.1, -0.05) is 31.3 Å². The quantitative estimate of drug-likeness (QED) is 0.501. The van der Waals surface area contributed by atoms with E-state index in [-0.39, 0.29) is 5.91 Å². The van der Waals surface area contributed by atoms with Crippen LogP contribution in [0.3, 0.4) is 0 Å². The van der Waals surface area contributed by atoms with Crippen LogP contribution in [0.2, 0.25) is 0 Å². The fraction of sp³-hybridized carbons (Fsp3) is 0.263. The molecule has 0 radical (unpaired) electrons. The molecule has 0 unspecified atom stereocenters. The lowest BCUT2D eigenvalue weighted by molar-refractivity contribution is 0.101. The van der Waals surface area contributed by atoms with Crippen molar-refractivity contribution in [3.05, 3.63) is 47.0 Å². The maximum Gasteiger partial charge on any atom is 0.274 e. The number of thiazole rings is 1. The summed E-state index contributed by atoms with van der Waals surface area (Å²) < 4.78 is 4.29. The predicted molar refractivity (Wildman–Crippen MR) is 107 cm³/mol. The van der Waals surface area contributed by atoms with Gasteiger partial charge in [0.1, 0.15) is 5.69 Å². The second-order valence-electron chi connectivity index (χ2n) is 6.30. The number of thiophene rings is 1. The smallest absolute Gasteiger partial charge is 0.274 e. The van der Waals surface area contributed by atoms with Gasteiger partial charge in [0.15, 0.2) is 5.13 Å². The van der Waals surface area contributed by atoms with E-state index in [1.54, 1.807) is 11.3 Å². The Kier molecular flexibility index (Phi) is 4.09. The van der Waals surface area contributed by atoms with E-state index in [1.807, 2.05) is 16.7 Å². The summed E-state index contributed by atoms with van der Waals surface area (Å²) in [6.07, 6.45) is 0. The van der Waals surface area contributed by atoms with E-state index in [9.17, 15) is 4.79 Å². The number of aromatic nitrogens is 2. The molecule has 0 aliphatic heterocycles. The maximum atomic E-state index is 12.8. The van der Waals surface area contributed by atoms with Crippen molar-refractivity contribution in [3.63, 3.8) is 0 Å². The number of carbonyl (C=O) groups excluding carboxylic acids is 1. The summed E-state index contributed by atoms with van der Waals surface area (Å²) >= 11 is 3.18. The van der Waals surface area contributed by atoms with Gasteiger partial charge in [-0.2, -0.15) is 0 Å². The number of fused-ring (bicyclic) bond motifs is 2. The maximum absolute atomic E-state index is 12.8. The largest absolute Gasteiger partial charge is 0.336 e. The summed E-state index contributed by atoms with van der Waals surface area (Å²) in [6, 6.07) is 10.3. The molecule has 4 rings (SSSR count). The number of amides is 1. The minimum atomic E-state index is -0.103. The summed E-state index contributed by atoms with van der Waals surface area (Å²) in [4.78, 5) is 17.3. The number of anilines is 1. The first-order valence-corrected chi connectivity index (χ1v) is 10.0. The Labute approximate surface area is 154 Å². The van der Waals surface area contributed by atoms with Gasteiger partial charge in [-0.15, -0.1) is 11.3 Å². The van der Waals surface area contributed by atoms with Gasteiger partial charge in [-0.25, -0.2) is 4.98 Å². The van der Waals surface area contributed by atoms with E-state index < -0.39 is 0 Å². The van der Waals surface area contributed by atoms with Crippen molar-refractivity contribution in [3.8, 4) is 0 Å². The Morgan fingerprint density at radius 1 is 1.24 bits per heavy atom. The van der Waals surface area contributed by atoms with Crippen LogP contribution in [0.4, 0.5) is 5.13 Å².